The lowest BCUT2D eigenvalue weighted by Crippen LogP contribution is -2.26. The van der Waals surface area contributed by atoms with E-state index in [1.54, 1.807) is 12.3 Å². The van der Waals surface area contributed by atoms with Gasteiger partial charge in [0.15, 0.2) is 5.82 Å². The molecule has 1 fully saturated rings. The third kappa shape index (κ3) is 3.64. The SMILES string of the molecule is CCc1cnccc1-c1cc(C(=O)N2Cc3cnn(C)c3C2)cc2c(F)c(C(C)C)n(CC3CC3)c12. The summed E-state index contributed by atoms with van der Waals surface area (Å²) < 4.78 is 20.2. The second-order valence-electron chi connectivity index (χ2n) is 10.6. The van der Waals surface area contributed by atoms with Gasteiger partial charge < -0.3 is 9.47 Å². The van der Waals surface area contributed by atoms with Gasteiger partial charge in [0.25, 0.3) is 5.91 Å². The Morgan fingerprint density at radius 1 is 1.17 bits per heavy atom. The van der Waals surface area contributed by atoms with Gasteiger partial charge >= 0.3 is 0 Å². The molecule has 0 atom stereocenters. The van der Waals surface area contributed by atoms with Crippen LogP contribution < -0.4 is 0 Å². The first-order valence-electron chi connectivity index (χ1n) is 12.9. The molecule has 1 saturated carbocycles. The minimum absolute atomic E-state index is 0.0341. The molecule has 4 heterocycles. The summed E-state index contributed by atoms with van der Waals surface area (Å²) in [7, 11) is 1.90. The van der Waals surface area contributed by atoms with Gasteiger partial charge in [0, 0.05) is 54.6 Å². The number of aryl methyl sites for hydroxylation is 2. The van der Waals surface area contributed by atoms with Crippen LogP contribution in [0.25, 0.3) is 22.0 Å². The summed E-state index contributed by atoms with van der Waals surface area (Å²) in [6.07, 6.45) is 8.67. The molecule has 4 aromatic rings. The first kappa shape index (κ1) is 23.0. The third-order valence-corrected chi connectivity index (χ3v) is 7.78. The summed E-state index contributed by atoms with van der Waals surface area (Å²) in [5, 5.41) is 4.85. The van der Waals surface area contributed by atoms with E-state index in [4.69, 9.17) is 0 Å². The van der Waals surface area contributed by atoms with E-state index in [1.165, 1.54) is 12.8 Å². The van der Waals surface area contributed by atoms with Crippen molar-refractivity contribution >= 4 is 16.8 Å². The lowest BCUT2D eigenvalue weighted by molar-refractivity contribution is 0.0748. The van der Waals surface area contributed by atoms with Gasteiger partial charge in [-0.25, -0.2) is 4.39 Å². The number of hydrogen-bond donors (Lipinski definition) is 0. The minimum Gasteiger partial charge on any atom is -0.341 e. The average molecular weight is 486 g/mol. The fraction of sp³-hybridized carbons (Fsp3) is 0.414. The number of carbonyl (C=O) groups excluding carboxylic acids is 1. The molecule has 6 nitrogen and oxygen atoms in total. The topological polar surface area (TPSA) is 56.0 Å². The molecule has 0 unspecified atom stereocenters. The molecule has 0 spiro atoms. The van der Waals surface area contributed by atoms with E-state index in [9.17, 15) is 4.79 Å². The standard InChI is InChI=1S/C29H32FN5O/c1-5-19-12-31-9-8-22(19)23-10-20(29(36)34-15-21-13-32-33(4)25(21)16-34)11-24-26(30)27(17(2)3)35(28(23)24)14-18-6-7-18/h8-13,17-18H,5-7,14-16H2,1-4H3. The molecule has 7 heteroatoms. The number of hydrogen-bond acceptors (Lipinski definition) is 3. The number of amides is 1. The Hall–Kier alpha value is -3.48. The van der Waals surface area contributed by atoms with E-state index in [0.29, 0.717) is 30.0 Å². The molecular formula is C29H32FN5O. The molecule has 1 aliphatic heterocycles. The number of nitrogens with zero attached hydrogens (tertiary/aromatic N) is 5. The van der Waals surface area contributed by atoms with Crippen LogP contribution in [0.15, 0.2) is 36.8 Å². The Bertz CT molecular complexity index is 1490. The van der Waals surface area contributed by atoms with Crippen LogP contribution in [0.5, 0.6) is 0 Å². The van der Waals surface area contributed by atoms with Crippen LogP contribution in [0.3, 0.4) is 0 Å². The quantitative estimate of drug-likeness (QED) is 0.345. The summed E-state index contributed by atoms with van der Waals surface area (Å²) >= 11 is 0. The van der Waals surface area contributed by atoms with E-state index in [0.717, 1.165) is 52.1 Å². The van der Waals surface area contributed by atoms with Gasteiger partial charge in [-0.05, 0) is 60.4 Å². The first-order chi connectivity index (χ1) is 17.4. The van der Waals surface area contributed by atoms with E-state index in [1.807, 2.05) is 55.0 Å². The Kier molecular flexibility index (Phi) is 5.47. The molecule has 6 rings (SSSR count). The van der Waals surface area contributed by atoms with Crippen molar-refractivity contribution in [1.29, 1.82) is 0 Å². The molecule has 3 aromatic heterocycles. The molecule has 0 bridgehead atoms. The monoisotopic (exact) mass is 485 g/mol. The van der Waals surface area contributed by atoms with Crippen molar-refractivity contribution in [3.05, 3.63) is 70.7 Å². The number of fused-ring (bicyclic) bond motifs is 2. The number of benzene rings is 1. The Labute approximate surface area is 210 Å². The van der Waals surface area contributed by atoms with Crippen molar-refractivity contribution in [2.75, 3.05) is 0 Å². The molecule has 1 amide bonds. The summed E-state index contributed by atoms with van der Waals surface area (Å²) in [6, 6.07) is 5.76. The zero-order valence-corrected chi connectivity index (χ0v) is 21.4. The number of rotatable bonds is 6. The van der Waals surface area contributed by atoms with Crippen molar-refractivity contribution in [2.24, 2.45) is 13.0 Å². The maximum atomic E-state index is 16.2. The fourth-order valence-corrected chi connectivity index (χ4v) is 5.70. The summed E-state index contributed by atoms with van der Waals surface area (Å²) in [5.41, 5.74) is 7.30. The number of pyridine rings is 1. The highest BCUT2D eigenvalue weighted by atomic mass is 19.1. The van der Waals surface area contributed by atoms with Crippen LogP contribution in [0.1, 0.15) is 72.4 Å². The summed E-state index contributed by atoms with van der Waals surface area (Å²) in [4.78, 5) is 19.9. The summed E-state index contributed by atoms with van der Waals surface area (Å²) in [5.74, 6) is 0.345. The predicted molar refractivity (Wildman–Crippen MR) is 138 cm³/mol. The van der Waals surface area contributed by atoms with E-state index < -0.39 is 0 Å². The molecule has 2 aliphatic rings. The van der Waals surface area contributed by atoms with Gasteiger partial charge in [0.05, 0.1) is 29.6 Å². The highest BCUT2D eigenvalue weighted by Gasteiger charge is 2.31. The van der Waals surface area contributed by atoms with Gasteiger partial charge in [0.1, 0.15) is 0 Å². The number of halogens is 1. The maximum absolute atomic E-state index is 16.2. The zero-order chi connectivity index (χ0) is 25.1. The Morgan fingerprint density at radius 2 is 1.97 bits per heavy atom. The van der Waals surface area contributed by atoms with Gasteiger partial charge in [0.2, 0.25) is 0 Å². The Morgan fingerprint density at radius 3 is 2.67 bits per heavy atom. The van der Waals surface area contributed by atoms with Crippen LogP contribution in [-0.2, 0) is 33.1 Å². The van der Waals surface area contributed by atoms with Crippen LogP contribution in [0.4, 0.5) is 4.39 Å². The summed E-state index contributed by atoms with van der Waals surface area (Å²) in [6.45, 7) is 8.04. The van der Waals surface area contributed by atoms with Gasteiger partial charge in [-0.1, -0.05) is 20.8 Å². The van der Waals surface area contributed by atoms with Gasteiger partial charge in [-0.2, -0.15) is 5.10 Å². The highest BCUT2D eigenvalue weighted by Crippen LogP contribution is 2.41. The van der Waals surface area contributed by atoms with Crippen LogP contribution in [0.2, 0.25) is 0 Å². The van der Waals surface area contributed by atoms with Crippen LogP contribution in [-0.4, -0.2) is 30.1 Å². The molecule has 0 N–H and O–H groups in total. The molecule has 0 radical (unpaired) electrons. The van der Waals surface area contributed by atoms with E-state index in [-0.39, 0.29) is 17.6 Å². The van der Waals surface area contributed by atoms with Crippen LogP contribution in [0, 0.1) is 11.7 Å². The molecule has 186 valence electrons. The molecular weight excluding hydrogens is 453 g/mol. The molecule has 0 saturated heterocycles. The maximum Gasteiger partial charge on any atom is 0.254 e. The average Bonchev–Trinajstić information content (AvgIpc) is 3.38. The third-order valence-electron chi connectivity index (χ3n) is 7.78. The normalized spacial score (nSPS) is 15.3. The van der Waals surface area contributed by atoms with Crippen molar-refractivity contribution in [2.45, 2.75) is 65.6 Å². The lowest BCUT2D eigenvalue weighted by atomic mass is 9.95. The second-order valence-corrected chi connectivity index (χ2v) is 10.6. The van der Waals surface area contributed by atoms with Crippen molar-refractivity contribution < 1.29 is 9.18 Å². The van der Waals surface area contributed by atoms with Crippen molar-refractivity contribution in [1.82, 2.24) is 24.2 Å². The predicted octanol–water partition coefficient (Wildman–Crippen LogP) is 5.83. The lowest BCUT2D eigenvalue weighted by Gasteiger charge is -2.19. The molecule has 36 heavy (non-hydrogen) atoms. The van der Waals surface area contributed by atoms with Crippen LogP contribution >= 0.6 is 0 Å². The molecule has 1 aliphatic carbocycles. The van der Waals surface area contributed by atoms with Gasteiger partial charge in [-0.15, -0.1) is 0 Å². The molecule has 1 aromatic carbocycles. The number of aromatic nitrogens is 4. The van der Waals surface area contributed by atoms with Crippen molar-refractivity contribution in [3.8, 4) is 11.1 Å². The first-order valence-corrected chi connectivity index (χ1v) is 12.9. The zero-order valence-electron chi connectivity index (χ0n) is 21.4. The van der Waals surface area contributed by atoms with E-state index >= 15 is 4.39 Å². The smallest absolute Gasteiger partial charge is 0.254 e. The highest BCUT2D eigenvalue weighted by molar-refractivity contribution is 6.05. The van der Waals surface area contributed by atoms with Crippen molar-refractivity contribution in [3.63, 3.8) is 0 Å². The van der Waals surface area contributed by atoms with E-state index in [2.05, 4.69) is 21.6 Å². The second kappa shape index (κ2) is 8.57. The Balaban J connectivity index is 1.56. The fourth-order valence-electron chi connectivity index (χ4n) is 5.70. The van der Waals surface area contributed by atoms with Gasteiger partial charge in [-0.3, -0.25) is 14.5 Å². The number of carbonyl (C=O) groups is 1. The minimum atomic E-state index is -0.197. The largest absolute Gasteiger partial charge is 0.341 e.